The van der Waals surface area contributed by atoms with Crippen LogP contribution in [0.25, 0.3) is 11.2 Å². The maximum absolute atomic E-state index is 5.29. The zero-order valence-electron chi connectivity index (χ0n) is 6.24. The van der Waals surface area contributed by atoms with E-state index in [9.17, 15) is 0 Å². The molecule has 0 unspecified atom stereocenters. The summed E-state index contributed by atoms with van der Waals surface area (Å²) in [7, 11) is 0. The fourth-order valence-corrected chi connectivity index (χ4v) is 1.54. The van der Waals surface area contributed by atoms with E-state index in [2.05, 4.69) is 25.9 Å². The van der Waals surface area contributed by atoms with Crippen molar-refractivity contribution < 1.29 is 4.42 Å². The molecule has 0 aliphatic heterocycles. The standard InChI is InChI=1S/C7H5BrN2OS/c1-12-7-10-5-2-4(8)3-9-6(5)11-7/h2-3H,1H3. The average Bonchev–Trinajstić information content (AvgIpc) is 2.46. The molecule has 0 fully saturated rings. The van der Waals surface area contributed by atoms with Crippen molar-refractivity contribution in [3.8, 4) is 0 Å². The van der Waals surface area contributed by atoms with E-state index in [1.54, 1.807) is 6.20 Å². The molecule has 2 rings (SSSR count). The van der Waals surface area contributed by atoms with Crippen LogP contribution in [0, 0.1) is 0 Å². The van der Waals surface area contributed by atoms with Gasteiger partial charge in [0.25, 0.3) is 5.22 Å². The predicted octanol–water partition coefficient (Wildman–Crippen LogP) is 2.71. The van der Waals surface area contributed by atoms with Crippen LogP contribution in [0.1, 0.15) is 0 Å². The molecular weight excluding hydrogens is 240 g/mol. The maximum Gasteiger partial charge on any atom is 0.258 e. The van der Waals surface area contributed by atoms with Crippen LogP contribution >= 0.6 is 27.7 Å². The molecule has 0 aliphatic rings. The number of oxazole rings is 1. The fourth-order valence-electron chi connectivity index (χ4n) is 0.866. The van der Waals surface area contributed by atoms with Gasteiger partial charge in [0, 0.05) is 10.7 Å². The largest absolute Gasteiger partial charge is 0.412 e. The zero-order valence-corrected chi connectivity index (χ0v) is 8.65. The van der Waals surface area contributed by atoms with Gasteiger partial charge in [0.1, 0.15) is 5.52 Å². The molecule has 0 saturated heterocycles. The number of fused-ring (bicyclic) bond motifs is 1. The molecular formula is C7H5BrN2OS. The van der Waals surface area contributed by atoms with Crippen molar-refractivity contribution in [1.82, 2.24) is 9.97 Å². The van der Waals surface area contributed by atoms with Gasteiger partial charge in [-0.05, 0) is 28.3 Å². The highest BCUT2D eigenvalue weighted by Crippen LogP contribution is 2.21. The quantitative estimate of drug-likeness (QED) is 0.724. The fraction of sp³-hybridized carbons (Fsp3) is 0.143. The highest BCUT2D eigenvalue weighted by molar-refractivity contribution is 9.10. The van der Waals surface area contributed by atoms with Crippen molar-refractivity contribution in [2.75, 3.05) is 6.26 Å². The van der Waals surface area contributed by atoms with Gasteiger partial charge in [-0.15, -0.1) is 0 Å². The van der Waals surface area contributed by atoms with Gasteiger partial charge in [0.05, 0.1) is 0 Å². The molecule has 0 radical (unpaired) electrons. The molecule has 2 aromatic rings. The Morgan fingerprint density at radius 3 is 3.17 bits per heavy atom. The SMILES string of the molecule is CSc1nc2cc(Br)cnc2o1. The van der Waals surface area contributed by atoms with Gasteiger partial charge in [-0.2, -0.15) is 0 Å². The minimum atomic E-state index is 0.586. The second-order valence-corrected chi connectivity index (χ2v) is 3.83. The number of thioether (sulfide) groups is 1. The third-order valence-electron chi connectivity index (χ3n) is 1.37. The monoisotopic (exact) mass is 244 g/mol. The van der Waals surface area contributed by atoms with Gasteiger partial charge >= 0.3 is 0 Å². The first-order valence-electron chi connectivity index (χ1n) is 3.25. The van der Waals surface area contributed by atoms with Crippen LogP contribution in [0.5, 0.6) is 0 Å². The molecule has 0 bridgehead atoms. The minimum absolute atomic E-state index is 0.586. The highest BCUT2D eigenvalue weighted by atomic mass is 79.9. The summed E-state index contributed by atoms with van der Waals surface area (Å²) >= 11 is 4.78. The van der Waals surface area contributed by atoms with E-state index in [-0.39, 0.29) is 0 Å². The van der Waals surface area contributed by atoms with E-state index >= 15 is 0 Å². The van der Waals surface area contributed by atoms with Crippen molar-refractivity contribution in [1.29, 1.82) is 0 Å². The van der Waals surface area contributed by atoms with Crippen LogP contribution in [-0.2, 0) is 0 Å². The van der Waals surface area contributed by atoms with Crippen molar-refractivity contribution in [3.63, 3.8) is 0 Å². The molecule has 0 N–H and O–H groups in total. The maximum atomic E-state index is 5.29. The lowest BCUT2D eigenvalue weighted by molar-refractivity contribution is 0.482. The average molecular weight is 245 g/mol. The Balaban J connectivity index is 2.67. The Kier molecular flexibility index (Phi) is 2.06. The Labute approximate surface area is 81.7 Å². The molecule has 0 amide bonds. The van der Waals surface area contributed by atoms with Gasteiger partial charge in [-0.25, -0.2) is 9.97 Å². The third kappa shape index (κ3) is 1.34. The van der Waals surface area contributed by atoms with Crippen molar-refractivity contribution >= 4 is 38.9 Å². The molecule has 5 heteroatoms. The number of hydrogen-bond donors (Lipinski definition) is 0. The Morgan fingerprint density at radius 2 is 2.42 bits per heavy atom. The number of halogens is 1. The summed E-state index contributed by atoms with van der Waals surface area (Å²) in [6.45, 7) is 0. The van der Waals surface area contributed by atoms with E-state index in [1.807, 2.05) is 12.3 Å². The first-order valence-corrected chi connectivity index (χ1v) is 5.27. The van der Waals surface area contributed by atoms with Gasteiger partial charge in [0.2, 0.25) is 5.71 Å². The van der Waals surface area contributed by atoms with Crippen LogP contribution in [0.4, 0.5) is 0 Å². The topological polar surface area (TPSA) is 38.9 Å². The first kappa shape index (κ1) is 8.07. The Bertz CT molecular complexity index is 415. The number of hydrogen-bond acceptors (Lipinski definition) is 4. The molecule has 0 atom stereocenters. The Hall–Kier alpha value is -0.550. The first-order chi connectivity index (χ1) is 5.79. The number of aromatic nitrogens is 2. The number of nitrogens with zero attached hydrogens (tertiary/aromatic N) is 2. The van der Waals surface area contributed by atoms with Gasteiger partial charge in [-0.1, -0.05) is 11.8 Å². The summed E-state index contributed by atoms with van der Waals surface area (Å²) in [5.41, 5.74) is 1.37. The molecule has 0 aliphatic carbocycles. The van der Waals surface area contributed by atoms with Gasteiger partial charge in [-0.3, -0.25) is 0 Å². The Morgan fingerprint density at radius 1 is 1.58 bits per heavy atom. The molecule has 62 valence electrons. The molecule has 12 heavy (non-hydrogen) atoms. The van der Waals surface area contributed by atoms with Crippen molar-refractivity contribution in [2.24, 2.45) is 0 Å². The van der Waals surface area contributed by atoms with Crippen LogP contribution < -0.4 is 0 Å². The molecule has 0 aromatic carbocycles. The molecule has 0 saturated carbocycles. The van der Waals surface area contributed by atoms with Crippen LogP contribution in [-0.4, -0.2) is 16.2 Å². The van der Waals surface area contributed by atoms with Crippen LogP contribution in [0.3, 0.4) is 0 Å². The van der Waals surface area contributed by atoms with Crippen molar-refractivity contribution in [3.05, 3.63) is 16.7 Å². The van der Waals surface area contributed by atoms with Crippen LogP contribution in [0.2, 0.25) is 0 Å². The van der Waals surface area contributed by atoms with Gasteiger partial charge in [0.15, 0.2) is 0 Å². The van der Waals surface area contributed by atoms with E-state index in [4.69, 9.17) is 4.42 Å². The summed E-state index contributed by atoms with van der Waals surface area (Å²) in [5.74, 6) is 0. The summed E-state index contributed by atoms with van der Waals surface area (Å²) in [4.78, 5) is 8.26. The number of rotatable bonds is 1. The lowest BCUT2D eigenvalue weighted by Crippen LogP contribution is -1.73. The molecule has 2 heterocycles. The molecule has 2 aromatic heterocycles. The normalized spacial score (nSPS) is 10.8. The summed E-state index contributed by atoms with van der Waals surface area (Å²) in [5, 5.41) is 0.649. The van der Waals surface area contributed by atoms with Crippen molar-refractivity contribution in [2.45, 2.75) is 5.22 Å². The van der Waals surface area contributed by atoms with E-state index in [1.165, 1.54) is 11.8 Å². The smallest absolute Gasteiger partial charge is 0.258 e. The third-order valence-corrected chi connectivity index (χ3v) is 2.33. The van der Waals surface area contributed by atoms with Crippen LogP contribution in [0.15, 0.2) is 26.4 Å². The second-order valence-electron chi connectivity index (χ2n) is 2.16. The predicted molar refractivity (Wildman–Crippen MR) is 51.3 cm³/mol. The second kappa shape index (κ2) is 3.06. The summed E-state index contributed by atoms with van der Waals surface area (Å²) in [6, 6.07) is 1.88. The highest BCUT2D eigenvalue weighted by Gasteiger charge is 2.04. The minimum Gasteiger partial charge on any atom is -0.412 e. The lowest BCUT2D eigenvalue weighted by Gasteiger charge is -1.85. The molecule has 3 nitrogen and oxygen atoms in total. The van der Waals surface area contributed by atoms with E-state index in [0.717, 1.165) is 9.99 Å². The van der Waals surface area contributed by atoms with E-state index in [0.29, 0.717) is 10.9 Å². The summed E-state index contributed by atoms with van der Waals surface area (Å²) < 4.78 is 6.21. The number of pyridine rings is 1. The molecule has 0 spiro atoms. The van der Waals surface area contributed by atoms with E-state index < -0.39 is 0 Å². The zero-order chi connectivity index (χ0) is 8.55. The summed E-state index contributed by atoms with van der Waals surface area (Å²) in [6.07, 6.45) is 3.61. The van der Waals surface area contributed by atoms with Gasteiger partial charge < -0.3 is 4.42 Å². The lowest BCUT2D eigenvalue weighted by atomic mass is 10.4.